The van der Waals surface area contributed by atoms with Crippen molar-refractivity contribution in [3.05, 3.63) is 47.6 Å². The zero-order valence-electron chi connectivity index (χ0n) is 9.84. The lowest BCUT2D eigenvalue weighted by atomic mass is 10.1. The average molecular weight is 289 g/mol. The highest BCUT2D eigenvalue weighted by atomic mass is 35.5. The van der Waals surface area contributed by atoms with Crippen LogP contribution >= 0.6 is 22.9 Å². The van der Waals surface area contributed by atoms with Crippen LogP contribution in [0, 0.1) is 0 Å². The molecule has 0 aliphatic heterocycles. The lowest BCUT2D eigenvalue weighted by Crippen LogP contribution is -1.99. The van der Waals surface area contributed by atoms with Gasteiger partial charge in [0.2, 0.25) is 0 Å². The van der Waals surface area contributed by atoms with Crippen LogP contribution in [0.1, 0.15) is 10.5 Å². The molecule has 5 heteroatoms. The molecule has 1 aromatic carbocycles. The topological polar surface area (TPSA) is 42.9 Å². The van der Waals surface area contributed by atoms with Gasteiger partial charge >= 0.3 is 0 Å². The van der Waals surface area contributed by atoms with E-state index in [1.54, 1.807) is 11.6 Å². The second-order valence-electron chi connectivity index (χ2n) is 4.01. The van der Waals surface area contributed by atoms with Gasteiger partial charge in [-0.3, -0.25) is 9.78 Å². The van der Waals surface area contributed by atoms with Crippen molar-refractivity contribution < 1.29 is 4.79 Å². The Hall–Kier alpha value is -1.78. The molecular weight excluding hydrogens is 280 g/mol. The van der Waals surface area contributed by atoms with E-state index in [1.165, 1.54) is 11.3 Å². The SMILES string of the molecule is O=C(CCl)c1csc(-c2ccc3ncccc3c2)n1. The monoisotopic (exact) mass is 288 g/mol. The number of alkyl halides is 1. The molecule has 0 aliphatic rings. The molecule has 3 nitrogen and oxygen atoms in total. The van der Waals surface area contributed by atoms with E-state index in [1.807, 2.05) is 30.3 Å². The molecule has 0 aliphatic carbocycles. The van der Waals surface area contributed by atoms with E-state index in [4.69, 9.17) is 11.6 Å². The Morgan fingerprint density at radius 3 is 3.05 bits per heavy atom. The number of thiazole rings is 1. The molecule has 94 valence electrons. The largest absolute Gasteiger partial charge is 0.291 e. The van der Waals surface area contributed by atoms with Crippen LogP contribution in [0.4, 0.5) is 0 Å². The Labute approximate surface area is 118 Å². The molecule has 0 atom stereocenters. The zero-order chi connectivity index (χ0) is 13.2. The van der Waals surface area contributed by atoms with Crippen LogP contribution in [0.3, 0.4) is 0 Å². The summed E-state index contributed by atoms with van der Waals surface area (Å²) in [6, 6.07) is 9.84. The maximum absolute atomic E-state index is 11.5. The second kappa shape index (κ2) is 5.07. The normalized spacial score (nSPS) is 10.8. The first kappa shape index (κ1) is 12.3. The number of ketones is 1. The van der Waals surface area contributed by atoms with Gasteiger partial charge in [-0.05, 0) is 24.3 Å². The summed E-state index contributed by atoms with van der Waals surface area (Å²) in [6.45, 7) is 0. The lowest BCUT2D eigenvalue weighted by molar-refractivity contribution is 0.101. The van der Waals surface area contributed by atoms with Gasteiger partial charge in [0.1, 0.15) is 10.7 Å². The van der Waals surface area contributed by atoms with E-state index >= 15 is 0 Å². The van der Waals surface area contributed by atoms with Crippen LogP contribution in [0.25, 0.3) is 21.5 Å². The summed E-state index contributed by atoms with van der Waals surface area (Å²) in [5, 5.41) is 3.62. The van der Waals surface area contributed by atoms with E-state index in [0.717, 1.165) is 21.5 Å². The third-order valence-electron chi connectivity index (χ3n) is 2.76. The zero-order valence-corrected chi connectivity index (χ0v) is 11.4. The van der Waals surface area contributed by atoms with Gasteiger partial charge in [-0.2, -0.15) is 0 Å². The van der Waals surface area contributed by atoms with Gasteiger partial charge in [0, 0.05) is 22.5 Å². The predicted molar refractivity (Wildman–Crippen MR) is 77.9 cm³/mol. The summed E-state index contributed by atoms with van der Waals surface area (Å²) in [7, 11) is 0. The van der Waals surface area contributed by atoms with Crippen LogP contribution in [0.5, 0.6) is 0 Å². The summed E-state index contributed by atoms with van der Waals surface area (Å²) in [4.78, 5) is 20.1. The number of carbonyl (C=O) groups is 1. The molecule has 0 spiro atoms. The van der Waals surface area contributed by atoms with E-state index in [9.17, 15) is 4.79 Å². The van der Waals surface area contributed by atoms with Crippen molar-refractivity contribution in [2.45, 2.75) is 0 Å². The maximum atomic E-state index is 11.5. The number of hydrogen-bond donors (Lipinski definition) is 0. The van der Waals surface area contributed by atoms with Crippen molar-refractivity contribution in [1.29, 1.82) is 0 Å². The van der Waals surface area contributed by atoms with Crippen molar-refractivity contribution in [3.8, 4) is 10.6 Å². The third kappa shape index (κ3) is 2.37. The number of fused-ring (bicyclic) bond motifs is 1. The molecule has 0 saturated heterocycles. The lowest BCUT2D eigenvalue weighted by Gasteiger charge is -1.99. The molecule has 3 rings (SSSR count). The number of halogens is 1. The van der Waals surface area contributed by atoms with Crippen LogP contribution in [0.15, 0.2) is 41.9 Å². The molecule has 0 radical (unpaired) electrons. The van der Waals surface area contributed by atoms with E-state index in [2.05, 4.69) is 9.97 Å². The summed E-state index contributed by atoms with van der Waals surface area (Å²) >= 11 is 6.97. The first-order chi connectivity index (χ1) is 9.28. The number of nitrogens with zero attached hydrogens (tertiary/aromatic N) is 2. The molecule has 2 aromatic heterocycles. The van der Waals surface area contributed by atoms with Gasteiger partial charge in [-0.25, -0.2) is 4.98 Å². The van der Waals surface area contributed by atoms with Gasteiger partial charge in [-0.15, -0.1) is 22.9 Å². The number of benzene rings is 1. The van der Waals surface area contributed by atoms with Crippen molar-refractivity contribution in [3.63, 3.8) is 0 Å². The Balaban J connectivity index is 2.04. The molecule has 0 fully saturated rings. The fraction of sp³-hybridized carbons (Fsp3) is 0.0714. The molecule has 3 aromatic rings. The third-order valence-corrected chi connectivity index (χ3v) is 3.90. The quantitative estimate of drug-likeness (QED) is 0.544. The van der Waals surface area contributed by atoms with Gasteiger partial charge in [0.25, 0.3) is 0 Å². The summed E-state index contributed by atoms with van der Waals surface area (Å²) in [6.07, 6.45) is 1.77. The highest BCUT2D eigenvalue weighted by molar-refractivity contribution is 7.13. The number of pyridine rings is 1. The Morgan fingerprint density at radius 2 is 2.21 bits per heavy atom. The van der Waals surface area contributed by atoms with Crippen LogP contribution in [0.2, 0.25) is 0 Å². The first-order valence-electron chi connectivity index (χ1n) is 5.68. The molecule has 0 amide bonds. The maximum Gasteiger partial charge on any atom is 0.196 e. The summed E-state index contributed by atoms with van der Waals surface area (Å²) < 4.78 is 0. The van der Waals surface area contributed by atoms with E-state index < -0.39 is 0 Å². The fourth-order valence-electron chi connectivity index (χ4n) is 1.81. The number of hydrogen-bond acceptors (Lipinski definition) is 4. The standard InChI is InChI=1S/C14H9ClN2OS/c15-7-13(18)12-8-19-14(17-12)10-3-4-11-9(6-10)2-1-5-16-11/h1-6,8H,7H2. The molecule has 19 heavy (non-hydrogen) atoms. The van der Waals surface area contributed by atoms with Crippen molar-refractivity contribution in [2.75, 3.05) is 5.88 Å². The molecule has 0 bridgehead atoms. The molecular formula is C14H9ClN2OS. The predicted octanol–water partition coefficient (Wildman–Crippen LogP) is 3.78. The van der Waals surface area contributed by atoms with Crippen molar-refractivity contribution >= 4 is 39.6 Å². The average Bonchev–Trinajstić information content (AvgIpc) is 2.95. The van der Waals surface area contributed by atoms with Crippen molar-refractivity contribution in [1.82, 2.24) is 9.97 Å². The molecule has 0 unspecified atom stereocenters. The summed E-state index contributed by atoms with van der Waals surface area (Å²) in [5.74, 6) is -0.184. The molecule has 0 saturated carbocycles. The van der Waals surface area contributed by atoms with Gasteiger partial charge in [-0.1, -0.05) is 6.07 Å². The highest BCUT2D eigenvalue weighted by Gasteiger charge is 2.11. The first-order valence-corrected chi connectivity index (χ1v) is 7.09. The Kier molecular flexibility index (Phi) is 3.27. The smallest absolute Gasteiger partial charge is 0.196 e. The van der Waals surface area contributed by atoms with E-state index in [0.29, 0.717) is 5.69 Å². The number of Topliss-reactive ketones (excluding diaryl/α,β-unsaturated/α-hetero) is 1. The van der Waals surface area contributed by atoms with Gasteiger partial charge < -0.3 is 0 Å². The minimum absolute atomic E-state index is 0.0369. The number of rotatable bonds is 3. The van der Waals surface area contributed by atoms with Gasteiger partial charge in [0.05, 0.1) is 11.4 Å². The molecule has 2 heterocycles. The molecule has 0 N–H and O–H groups in total. The van der Waals surface area contributed by atoms with Crippen LogP contribution < -0.4 is 0 Å². The summed E-state index contributed by atoms with van der Waals surface area (Å²) in [5.41, 5.74) is 2.36. The Bertz CT molecular complexity index is 754. The van der Waals surface area contributed by atoms with Gasteiger partial charge in [0.15, 0.2) is 5.78 Å². The van der Waals surface area contributed by atoms with E-state index in [-0.39, 0.29) is 11.7 Å². The van der Waals surface area contributed by atoms with Crippen LogP contribution in [-0.4, -0.2) is 21.6 Å². The number of carbonyl (C=O) groups excluding carboxylic acids is 1. The minimum Gasteiger partial charge on any atom is -0.291 e. The van der Waals surface area contributed by atoms with Crippen LogP contribution in [-0.2, 0) is 0 Å². The fourth-order valence-corrected chi connectivity index (χ4v) is 2.77. The number of aromatic nitrogens is 2. The Morgan fingerprint density at radius 1 is 1.32 bits per heavy atom. The highest BCUT2D eigenvalue weighted by Crippen LogP contribution is 2.26. The minimum atomic E-state index is -0.147. The second-order valence-corrected chi connectivity index (χ2v) is 5.13. The van der Waals surface area contributed by atoms with Crippen molar-refractivity contribution in [2.24, 2.45) is 0 Å².